The van der Waals surface area contributed by atoms with Gasteiger partial charge in [0.15, 0.2) is 5.75 Å². The summed E-state index contributed by atoms with van der Waals surface area (Å²) in [4.78, 5) is 41.4. The normalized spacial score (nSPS) is 16.5. The van der Waals surface area contributed by atoms with Crippen molar-refractivity contribution in [3.05, 3.63) is 41.6 Å². The van der Waals surface area contributed by atoms with E-state index in [1.807, 2.05) is 0 Å². The fourth-order valence-electron chi connectivity index (χ4n) is 4.30. The highest BCUT2D eigenvalue weighted by Gasteiger charge is 2.41. The Morgan fingerprint density at radius 1 is 1.17 bits per heavy atom. The molecular formula is C25H26F6N4O6. The highest BCUT2D eigenvalue weighted by molar-refractivity contribution is 6.03. The number of carbonyl (C=O) groups is 3. The second-order valence-corrected chi connectivity index (χ2v) is 9.97. The van der Waals surface area contributed by atoms with Crippen LogP contribution in [0.15, 0.2) is 30.3 Å². The second kappa shape index (κ2) is 11.3. The number of likely N-dealkylation sites (N-methyl/N-ethyl adjacent to an activating group) is 1. The van der Waals surface area contributed by atoms with E-state index in [1.54, 1.807) is 0 Å². The van der Waals surface area contributed by atoms with E-state index in [0.717, 1.165) is 36.1 Å². The highest BCUT2D eigenvalue weighted by atomic mass is 19.4. The van der Waals surface area contributed by atoms with Crippen LogP contribution in [-0.2, 0) is 22.1 Å². The first-order valence-corrected chi connectivity index (χ1v) is 12.0. The molecule has 0 radical (unpaired) electrons. The minimum Gasteiger partial charge on any atom is -0.465 e. The summed E-state index contributed by atoms with van der Waals surface area (Å²) in [5.41, 5.74) is -2.54. The largest absolute Gasteiger partial charge is 0.465 e. The average molecular weight is 592 g/mol. The summed E-state index contributed by atoms with van der Waals surface area (Å²) in [6.07, 6.45) is -12.7. The van der Waals surface area contributed by atoms with Gasteiger partial charge in [0.2, 0.25) is 11.8 Å². The van der Waals surface area contributed by atoms with E-state index in [-0.39, 0.29) is 29.1 Å². The van der Waals surface area contributed by atoms with E-state index in [9.17, 15) is 40.7 Å². The Balaban J connectivity index is 1.89. The van der Waals surface area contributed by atoms with Crippen LogP contribution in [0, 0.1) is 5.92 Å². The van der Waals surface area contributed by atoms with Crippen molar-refractivity contribution in [1.29, 1.82) is 0 Å². The van der Waals surface area contributed by atoms with Gasteiger partial charge in [0.05, 0.1) is 11.6 Å². The first-order chi connectivity index (χ1) is 18.8. The number of fused-ring (bicyclic) bond motifs is 1. The number of benzene rings is 1. The number of nitrogens with zero attached hydrogens (tertiary/aromatic N) is 2. The number of aromatic nitrogens is 1. The molecule has 224 valence electrons. The van der Waals surface area contributed by atoms with Crippen LogP contribution in [0.5, 0.6) is 11.6 Å². The van der Waals surface area contributed by atoms with Crippen molar-refractivity contribution in [1.82, 2.24) is 10.3 Å². The fraction of sp³-hybridized carbons (Fsp3) is 0.440. The standard InChI is InChI=1S/C25H26F6N4O6/c1-12(24(26,27)28)11-23(2,3)41-22(39)33-15-9-13-8-14(32-21(37)38)10-16(19(13)35(4)20(15)36)40-18-7-5-6-17(34-18)25(29,30)31/h5-8,10,12,15,32H,9,11H2,1-4H3,(H,33,39)(H,37,38)/t12-,15?/m0/s1. The van der Waals surface area contributed by atoms with Gasteiger partial charge in [-0.05, 0) is 38.0 Å². The Kier molecular flexibility index (Phi) is 8.64. The lowest BCUT2D eigenvalue weighted by Crippen LogP contribution is -2.53. The van der Waals surface area contributed by atoms with Gasteiger partial charge in [-0.1, -0.05) is 13.0 Å². The van der Waals surface area contributed by atoms with Gasteiger partial charge < -0.3 is 24.8 Å². The number of ether oxygens (including phenoxy) is 2. The number of nitrogens with one attached hydrogen (secondary N) is 2. The van der Waals surface area contributed by atoms with Crippen molar-refractivity contribution >= 4 is 29.5 Å². The summed E-state index contributed by atoms with van der Waals surface area (Å²) < 4.78 is 89.0. The van der Waals surface area contributed by atoms with Crippen molar-refractivity contribution < 1.29 is 55.3 Å². The summed E-state index contributed by atoms with van der Waals surface area (Å²) >= 11 is 0. The summed E-state index contributed by atoms with van der Waals surface area (Å²) in [5, 5.41) is 13.6. The maximum atomic E-state index is 13.1. The smallest absolute Gasteiger partial charge is 0.433 e. The molecule has 3 N–H and O–H groups in total. The molecule has 1 aliphatic heterocycles. The Bertz CT molecular complexity index is 1330. The Labute approximate surface area is 229 Å². The molecule has 41 heavy (non-hydrogen) atoms. The van der Waals surface area contributed by atoms with Crippen LogP contribution in [-0.4, -0.2) is 53.1 Å². The number of alkyl carbamates (subject to hydrolysis) is 1. The average Bonchev–Trinajstić information content (AvgIpc) is 2.80. The van der Waals surface area contributed by atoms with Gasteiger partial charge >= 0.3 is 24.5 Å². The third-order valence-electron chi connectivity index (χ3n) is 6.04. The van der Waals surface area contributed by atoms with Crippen molar-refractivity contribution in [2.75, 3.05) is 17.3 Å². The molecule has 1 aromatic heterocycles. The minimum absolute atomic E-state index is 0.0652. The third-order valence-corrected chi connectivity index (χ3v) is 6.04. The van der Waals surface area contributed by atoms with Gasteiger partial charge in [0.25, 0.3) is 0 Å². The highest BCUT2D eigenvalue weighted by Crippen LogP contribution is 2.41. The Morgan fingerprint density at radius 3 is 2.41 bits per heavy atom. The van der Waals surface area contributed by atoms with Crippen LogP contribution in [0.4, 0.5) is 47.3 Å². The lowest BCUT2D eigenvalue weighted by atomic mass is 9.94. The van der Waals surface area contributed by atoms with E-state index >= 15 is 0 Å². The fourth-order valence-corrected chi connectivity index (χ4v) is 4.30. The molecule has 0 saturated heterocycles. The van der Waals surface area contributed by atoms with Gasteiger partial charge in [0, 0.05) is 31.3 Å². The molecule has 3 rings (SSSR count). The van der Waals surface area contributed by atoms with Gasteiger partial charge in [-0.15, -0.1) is 0 Å². The molecule has 0 saturated carbocycles. The molecule has 3 amide bonds. The molecule has 0 fully saturated rings. The van der Waals surface area contributed by atoms with Crippen molar-refractivity contribution in [3.63, 3.8) is 0 Å². The zero-order chi connectivity index (χ0) is 30.9. The van der Waals surface area contributed by atoms with Crippen LogP contribution < -0.4 is 20.3 Å². The van der Waals surface area contributed by atoms with E-state index in [4.69, 9.17) is 14.6 Å². The Hall–Kier alpha value is -4.24. The van der Waals surface area contributed by atoms with Gasteiger partial charge in [0.1, 0.15) is 17.3 Å². The molecule has 2 atom stereocenters. The number of carboxylic acid groups (broad SMARTS) is 1. The quantitative estimate of drug-likeness (QED) is 0.338. The zero-order valence-electron chi connectivity index (χ0n) is 22.1. The number of halogens is 6. The first-order valence-electron chi connectivity index (χ1n) is 12.0. The topological polar surface area (TPSA) is 130 Å². The van der Waals surface area contributed by atoms with Crippen molar-refractivity contribution in [3.8, 4) is 11.6 Å². The molecule has 2 heterocycles. The summed E-state index contributed by atoms with van der Waals surface area (Å²) in [5.74, 6) is -3.19. The molecule has 16 heteroatoms. The SMILES string of the molecule is C[C@@H](CC(C)(C)OC(=O)NC1Cc2cc(NC(=O)O)cc(Oc3cccc(C(F)(F)F)n3)c2N(C)C1=O)C(F)(F)F. The van der Waals surface area contributed by atoms with Gasteiger partial charge in [-0.25, -0.2) is 14.6 Å². The zero-order valence-corrected chi connectivity index (χ0v) is 22.1. The monoisotopic (exact) mass is 592 g/mol. The third kappa shape index (κ3) is 7.91. The van der Waals surface area contributed by atoms with E-state index in [2.05, 4.69) is 15.6 Å². The molecular weight excluding hydrogens is 566 g/mol. The van der Waals surface area contributed by atoms with Crippen LogP contribution in [0.3, 0.4) is 0 Å². The molecule has 1 unspecified atom stereocenters. The number of alkyl halides is 6. The summed E-state index contributed by atoms with van der Waals surface area (Å²) in [6, 6.07) is 4.09. The van der Waals surface area contributed by atoms with Crippen molar-refractivity contribution in [2.45, 2.75) is 57.6 Å². The van der Waals surface area contributed by atoms with Crippen molar-refractivity contribution in [2.24, 2.45) is 5.92 Å². The molecule has 1 aromatic carbocycles. The van der Waals surface area contributed by atoms with Crippen LogP contribution in [0.25, 0.3) is 0 Å². The number of amides is 3. The minimum atomic E-state index is -4.77. The Morgan fingerprint density at radius 2 is 1.83 bits per heavy atom. The number of pyridine rings is 1. The number of anilines is 2. The number of rotatable bonds is 7. The summed E-state index contributed by atoms with van der Waals surface area (Å²) in [7, 11) is 1.28. The molecule has 2 aromatic rings. The number of hydrogen-bond donors (Lipinski definition) is 3. The van der Waals surface area contributed by atoms with E-state index < -0.39 is 66.0 Å². The van der Waals surface area contributed by atoms with E-state index in [0.29, 0.717) is 0 Å². The summed E-state index contributed by atoms with van der Waals surface area (Å²) in [6.45, 7) is 3.51. The first kappa shape index (κ1) is 31.3. The molecule has 10 nitrogen and oxygen atoms in total. The maximum absolute atomic E-state index is 13.1. The number of hydrogen-bond acceptors (Lipinski definition) is 6. The molecule has 0 spiro atoms. The predicted molar refractivity (Wildman–Crippen MR) is 132 cm³/mol. The van der Waals surface area contributed by atoms with Gasteiger partial charge in [-0.3, -0.25) is 10.1 Å². The molecule has 1 aliphatic rings. The lowest BCUT2D eigenvalue weighted by molar-refractivity contribution is -0.181. The van der Waals surface area contributed by atoms with Crippen LogP contribution in [0.2, 0.25) is 0 Å². The second-order valence-electron chi connectivity index (χ2n) is 9.97. The maximum Gasteiger partial charge on any atom is 0.433 e. The lowest BCUT2D eigenvalue weighted by Gasteiger charge is -2.34. The molecule has 0 aliphatic carbocycles. The van der Waals surface area contributed by atoms with Crippen LogP contribution in [0.1, 0.15) is 38.4 Å². The van der Waals surface area contributed by atoms with Crippen LogP contribution >= 0.6 is 0 Å². The molecule has 0 bridgehead atoms. The van der Waals surface area contributed by atoms with E-state index in [1.165, 1.54) is 27.0 Å². The predicted octanol–water partition coefficient (Wildman–Crippen LogP) is 5.96. The van der Waals surface area contributed by atoms with Gasteiger partial charge in [-0.2, -0.15) is 26.3 Å². The number of carbonyl (C=O) groups excluding carboxylic acids is 2.